The van der Waals surface area contributed by atoms with Crippen molar-refractivity contribution in [3.63, 3.8) is 0 Å². The number of ether oxygens (including phenoxy) is 1. The van der Waals surface area contributed by atoms with Gasteiger partial charge in [0.2, 0.25) is 5.88 Å². The van der Waals surface area contributed by atoms with E-state index in [-0.39, 0.29) is 19.0 Å². The molecule has 0 aromatic carbocycles. The number of rotatable bonds is 7. The molecular weight excluding hydrogens is 293 g/mol. The van der Waals surface area contributed by atoms with Crippen molar-refractivity contribution >= 4 is 0 Å². The highest BCUT2D eigenvalue weighted by Gasteiger charge is 2.33. The molecule has 0 aromatic rings. The van der Waals surface area contributed by atoms with Crippen molar-refractivity contribution in [1.82, 2.24) is 15.5 Å². The minimum absolute atomic E-state index is 0.00598. The van der Waals surface area contributed by atoms with Gasteiger partial charge >= 0.3 is 0 Å². The van der Waals surface area contributed by atoms with Crippen molar-refractivity contribution in [2.75, 3.05) is 32.9 Å². The first-order chi connectivity index (χ1) is 10.6. The van der Waals surface area contributed by atoms with Gasteiger partial charge in [-0.25, -0.2) is 4.39 Å². The summed E-state index contributed by atoms with van der Waals surface area (Å²) in [6, 6.07) is 0. The van der Waals surface area contributed by atoms with Gasteiger partial charge in [-0.15, -0.1) is 0 Å². The van der Waals surface area contributed by atoms with Gasteiger partial charge in [-0.05, 0) is 25.3 Å². The third kappa shape index (κ3) is 3.85. The third-order valence-corrected chi connectivity index (χ3v) is 3.73. The lowest BCUT2D eigenvalue weighted by molar-refractivity contribution is 0.101. The van der Waals surface area contributed by atoms with E-state index in [2.05, 4.69) is 25.8 Å². The molecule has 1 saturated heterocycles. The van der Waals surface area contributed by atoms with E-state index in [1.54, 1.807) is 0 Å². The maximum absolute atomic E-state index is 14.5. The summed E-state index contributed by atoms with van der Waals surface area (Å²) in [5.41, 5.74) is 7.09. The monoisotopic (exact) mass is 313 g/mol. The number of likely N-dealkylation sites (tertiary alicyclic amines) is 1. The van der Waals surface area contributed by atoms with E-state index in [1.807, 2.05) is 4.90 Å². The fraction of sp³-hybridized carbons (Fsp3) is 0.833. The molecule has 2 rings (SSSR count). The average molecular weight is 313 g/mol. The average Bonchev–Trinajstić information content (AvgIpc) is 3.06. The molecular formula is C12H20FN7O2. The molecule has 0 bridgehead atoms. The lowest BCUT2D eigenvalue weighted by Crippen LogP contribution is -2.52. The van der Waals surface area contributed by atoms with Crippen LogP contribution >= 0.6 is 0 Å². The number of halogens is 1. The van der Waals surface area contributed by atoms with E-state index in [4.69, 9.17) is 10.3 Å². The number of azide groups is 1. The molecule has 0 spiro atoms. The Kier molecular flexibility index (Phi) is 5.53. The summed E-state index contributed by atoms with van der Waals surface area (Å²) in [6.07, 6.45) is 1.59. The first kappa shape index (κ1) is 16.5. The molecule has 0 saturated carbocycles. The van der Waals surface area contributed by atoms with E-state index in [9.17, 15) is 9.30 Å². The van der Waals surface area contributed by atoms with Crippen LogP contribution in [0, 0.1) is 4.91 Å². The van der Waals surface area contributed by atoms with Gasteiger partial charge in [0.15, 0.2) is 5.83 Å². The highest BCUT2D eigenvalue weighted by Crippen LogP contribution is 2.22. The molecule has 2 heterocycles. The van der Waals surface area contributed by atoms with Crippen molar-refractivity contribution in [3.8, 4) is 0 Å². The predicted molar refractivity (Wildman–Crippen MR) is 78.0 cm³/mol. The standard InChI is InChI=1S/C12H20FN7O2/c1-12(18-21,6-17-19-14)7-22-11-9(13)10(15-8-16-11)20-4-2-3-5-20/h10,15-16H,2-8H2,1H3. The number of nitrogens with one attached hydrogen (secondary N) is 2. The maximum atomic E-state index is 14.5. The normalized spacial score (nSPS) is 25.1. The van der Waals surface area contributed by atoms with Crippen LogP contribution in [0.3, 0.4) is 0 Å². The van der Waals surface area contributed by atoms with Crippen LogP contribution in [-0.2, 0) is 4.74 Å². The second-order valence-corrected chi connectivity index (χ2v) is 5.65. The van der Waals surface area contributed by atoms with Crippen molar-refractivity contribution in [1.29, 1.82) is 0 Å². The molecule has 10 heteroatoms. The summed E-state index contributed by atoms with van der Waals surface area (Å²) in [5, 5.41) is 12.1. The molecule has 2 N–H and O–H groups in total. The van der Waals surface area contributed by atoms with E-state index in [0.717, 1.165) is 25.9 Å². The van der Waals surface area contributed by atoms with E-state index < -0.39 is 17.5 Å². The Bertz CT molecular complexity index is 488. The molecule has 2 aliphatic heterocycles. The fourth-order valence-electron chi connectivity index (χ4n) is 2.45. The minimum atomic E-state index is -1.23. The van der Waals surface area contributed by atoms with Crippen LogP contribution in [0.4, 0.5) is 4.39 Å². The van der Waals surface area contributed by atoms with Crippen LogP contribution in [0.2, 0.25) is 0 Å². The van der Waals surface area contributed by atoms with E-state index in [1.165, 1.54) is 6.92 Å². The second-order valence-electron chi connectivity index (χ2n) is 5.65. The Hall–Kier alpha value is -1.90. The van der Waals surface area contributed by atoms with Gasteiger partial charge in [0, 0.05) is 18.0 Å². The summed E-state index contributed by atoms with van der Waals surface area (Å²) in [6.45, 7) is 3.22. The molecule has 2 atom stereocenters. The smallest absolute Gasteiger partial charge is 0.223 e. The Morgan fingerprint density at radius 2 is 2.27 bits per heavy atom. The van der Waals surface area contributed by atoms with Crippen molar-refractivity contribution < 1.29 is 9.13 Å². The van der Waals surface area contributed by atoms with Crippen molar-refractivity contribution in [2.45, 2.75) is 31.5 Å². The summed E-state index contributed by atoms with van der Waals surface area (Å²) >= 11 is 0. The lowest BCUT2D eigenvalue weighted by atomic mass is 10.1. The topological polar surface area (TPSA) is 115 Å². The zero-order valence-corrected chi connectivity index (χ0v) is 12.5. The third-order valence-electron chi connectivity index (χ3n) is 3.73. The van der Waals surface area contributed by atoms with Gasteiger partial charge in [0.25, 0.3) is 0 Å². The number of nitroso groups, excluding NO2 is 1. The van der Waals surface area contributed by atoms with Crippen LogP contribution < -0.4 is 10.6 Å². The zero-order chi connectivity index (χ0) is 16.0. The SMILES string of the molecule is CC(CN=[N+]=[N-])(COC1=C(F)C(N2CCCC2)NCN1)N=O. The fourth-order valence-corrected chi connectivity index (χ4v) is 2.45. The number of nitrogens with zero attached hydrogens (tertiary/aromatic N) is 5. The van der Waals surface area contributed by atoms with Crippen LogP contribution in [-0.4, -0.2) is 49.5 Å². The quantitative estimate of drug-likeness (QED) is 0.320. The van der Waals surface area contributed by atoms with Gasteiger partial charge in [-0.3, -0.25) is 10.2 Å². The van der Waals surface area contributed by atoms with Gasteiger partial charge < -0.3 is 10.1 Å². The Morgan fingerprint density at radius 3 is 2.91 bits per heavy atom. The Morgan fingerprint density at radius 1 is 1.55 bits per heavy atom. The van der Waals surface area contributed by atoms with Gasteiger partial charge in [-0.2, -0.15) is 4.91 Å². The molecule has 122 valence electrons. The first-order valence-corrected chi connectivity index (χ1v) is 7.19. The Labute approximate surface area is 127 Å². The lowest BCUT2D eigenvalue weighted by Gasteiger charge is -2.33. The highest BCUT2D eigenvalue weighted by molar-refractivity contribution is 5.11. The second kappa shape index (κ2) is 7.39. The van der Waals surface area contributed by atoms with Crippen LogP contribution in [0.15, 0.2) is 22.0 Å². The van der Waals surface area contributed by atoms with Crippen LogP contribution in [0.1, 0.15) is 19.8 Å². The van der Waals surface area contributed by atoms with Gasteiger partial charge in [0.1, 0.15) is 18.3 Å². The summed E-state index contributed by atoms with van der Waals surface area (Å²) < 4.78 is 19.9. The number of hydrogen-bond acceptors (Lipinski definition) is 7. The summed E-state index contributed by atoms with van der Waals surface area (Å²) in [5.74, 6) is -0.434. The highest BCUT2D eigenvalue weighted by atomic mass is 19.1. The molecule has 0 radical (unpaired) electrons. The van der Waals surface area contributed by atoms with Crippen LogP contribution in [0.25, 0.3) is 10.4 Å². The minimum Gasteiger partial charge on any atom is -0.475 e. The largest absolute Gasteiger partial charge is 0.475 e. The molecule has 0 aromatic heterocycles. The number of hydrogen-bond donors (Lipinski definition) is 2. The van der Waals surface area contributed by atoms with Gasteiger partial charge in [0.05, 0.1) is 13.2 Å². The summed E-state index contributed by atoms with van der Waals surface area (Å²) in [4.78, 5) is 15.5. The molecule has 22 heavy (non-hydrogen) atoms. The first-order valence-electron chi connectivity index (χ1n) is 7.19. The van der Waals surface area contributed by atoms with E-state index in [0.29, 0.717) is 6.67 Å². The molecule has 1 fully saturated rings. The molecule has 0 amide bonds. The Balaban J connectivity index is 2.01. The molecule has 0 aliphatic carbocycles. The van der Waals surface area contributed by atoms with Crippen LogP contribution in [0.5, 0.6) is 0 Å². The molecule has 2 unspecified atom stereocenters. The molecule has 9 nitrogen and oxygen atoms in total. The zero-order valence-electron chi connectivity index (χ0n) is 12.5. The van der Waals surface area contributed by atoms with Gasteiger partial charge in [-0.1, -0.05) is 10.3 Å². The maximum Gasteiger partial charge on any atom is 0.223 e. The van der Waals surface area contributed by atoms with Crippen molar-refractivity contribution in [2.24, 2.45) is 10.3 Å². The van der Waals surface area contributed by atoms with E-state index >= 15 is 0 Å². The molecule has 2 aliphatic rings. The summed E-state index contributed by atoms with van der Waals surface area (Å²) in [7, 11) is 0. The predicted octanol–water partition coefficient (Wildman–Crippen LogP) is 1.55. The van der Waals surface area contributed by atoms with Crippen molar-refractivity contribution in [3.05, 3.63) is 27.1 Å².